The number of nitrogen functional groups attached to an aromatic ring is 2. The minimum Gasteiger partial charge on any atom is -0.382 e. The number of hydrogen-bond acceptors (Lipinski definition) is 8. The van der Waals surface area contributed by atoms with E-state index in [0.717, 1.165) is 0 Å². The van der Waals surface area contributed by atoms with E-state index in [2.05, 4.69) is 15.0 Å². The number of fused-ring (bicyclic) bond motifs is 1. The number of hydrogen-bond donors (Lipinski definition) is 2. The first kappa shape index (κ1) is 20.7. The van der Waals surface area contributed by atoms with Crippen molar-refractivity contribution in [3.8, 4) is 11.8 Å². The van der Waals surface area contributed by atoms with E-state index < -0.39 is 11.4 Å². The third-order valence-corrected chi connectivity index (χ3v) is 5.04. The van der Waals surface area contributed by atoms with Crippen LogP contribution in [-0.2, 0) is 0 Å². The van der Waals surface area contributed by atoms with Gasteiger partial charge in [0.1, 0.15) is 28.8 Å². The first-order valence-corrected chi connectivity index (χ1v) is 9.75. The van der Waals surface area contributed by atoms with Crippen LogP contribution < -0.4 is 21.9 Å². The molecular weight excluding hydrogens is 411 g/mol. The molecule has 32 heavy (non-hydrogen) atoms. The number of aryl methyl sites for hydroxylation is 1. The van der Waals surface area contributed by atoms with Gasteiger partial charge in [-0.15, -0.1) is 0 Å². The fourth-order valence-corrected chi connectivity index (χ4v) is 3.56. The first-order chi connectivity index (χ1) is 15.4. The molecule has 0 bridgehead atoms. The van der Waals surface area contributed by atoms with Gasteiger partial charge in [0.15, 0.2) is 5.82 Å². The Kier molecular flexibility index (Phi) is 5.16. The zero-order valence-electron chi connectivity index (χ0n) is 17.4. The highest BCUT2D eigenvalue weighted by atomic mass is 19.1. The lowest BCUT2D eigenvalue weighted by molar-refractivity contribution is 0.635. The molecule has 10 heteroatoms. The van der Waals surface area contributed by atoms with Gasteiger partial charge in [0.2, 0.25) is 11.9 Å². The lowest BCUT2D eigenvalue weighted by Crippen LogP contribution is -2.31. The number of halogens is 1. The number of aromatic nitrogens is 4. The highest BCUT2D eigenvalue weighted by Gasteiger charge is 2.25. The molecule has 4 N–H and O–H groups in total. The largest absolute Gasteiger partial charge is 0.382 e. The van der Waals surface area contributed by atoms with Crippen molar-refractivity contribution in [1.82, 2.24) is 19.5 Å². The summed E-state index contributed by atoms with van der Waals surface area (Å²) in [6.07, 6.45) is 0. The molecule has 0 radical (unpaired) electrons. The fraction of sp³-hybridized carbons (Fsp3) is 0.136. The van der Waals surface area contributed by atoms with Gasteiger partial charge in [0.05, 0.1) is 11.1 Å². The molecule has 0 amide bonds. The molecule has 0 unspecified atom stereocenters. The molecule has 9 nitrogen and oxygen atoms in total. The number of benzene rings is 2. The summed E-state index contributed by atoms with van der Waals surface area (Å²) in [6.45, 7) is 3.72. The predicted molar refractivity (Wildman–Crippen MR) is 120 cm³/mol. The maximum Gasteiger partial charge on any atom is 0.267 e. The van der Waals surface area contributed by atoms with Crippen LogP contribution in [0.3, 0.4) is 0 Å². The van der Waals surface area contributed by atoms with E-state index >= 15 is 0 Å². The van der Waals surface area contributed by atoms with Crippen LogP contribution in [0.15, 0.2) is 47.3 Å². The topological polar surface area (TPSA) is 140 Å². The predicted octanol–water partition coefficient (Wildman–Crippen LogP) is 2.82. The van der Waals surface area contributed by atoms with E-state index in [9.17, 15) is 14.4 Å². The average molecular weight is 430 g/mol. The second-order valence-electron chi connectivity index (χ2n) is 7.00. The lowest BCUT2D eigenvalue weighted by Gasteiger charge is -2.26. The molecule has 4 aromatic rings. The van der Waals surface area contributed by atoms with E-state index in [1.54, 1.807) is 38.1 Å². The minimum atomic E-state index is -0.637. The number of rotatable bonds is 4. The smallest absolute Gasteiger partial charge is 0.267 e. The molecule has 0 fully saturated rings. The van der Waals surface area contributed by atoms with Crippen LogP contribution in [-0.4, -0.2) is 26.1 Å². The van der Waals surface area contributed by atoms with Crippen LogP contribution in [0.1, 0.15) is 18.1 Å². The van der Waals surface area contributed by atoms with Crippen molar-refractivity contribution in [2.75, 3.05) is 22.9 Å². The molecule has 160 valence electrons. The van der Waals surface area contributed by atoms with E-state index in [4.69, 9.17) is 11.5 Å². The van der Waals surface area contributed by atoms with Crippen molar-refractivity contribution >= 4 is 34.4 Å². The Balaban J connectivity index is 2.16. The van der Waals surface area contributed by atoms with Crippen LogP contribution in [0.5, 0.6) is 0 Å². The third-order valence-electron chi connectivity index (χ3n) is 5.04. The van der Waals surface area contributed by atoms with Gasteiger partial charge >= 0.3 is 0 Å². The third kappa shape index (κ3) is 3.26. The quantitative estimate of drug-likeness (QED) is 0.504. The van der Waals surface area contributed by atoms with Gasteiger partial charge in [-0.2, -0.15) is 15.2 Å². The van der Waals surface area contributed by atoms with Crippen LogP contribution in [0.2, 0.25) is 0 Å². The van der Waals surface area contributed by atoms with E-state index in [-0.39, 0.29) is 46.5 Å². The van der Waals surface area contributed by atoms with Gasteiger partial charge in [0.25, 0.3) is 5.56 Å². The Morgan fingerprint density at radius 3 is 2.50 bits per heavy atom. The molecule has 0 aliphatic heterocycles. The number of para-hydroxylation sites is 1. The van der Waals surface area contributed by atoms with Gasteiger partial charge in [-0.25, -0.2) is 13.9 Å². The molecule has 0 atom stereocenters. The van der Waals surface area contributed by atoms with E-state index in [1.165, 1.54) is 21.6 Å². The van der Waals surface area contributed by atoms with Crippen LogP contribution in [0.4, 0.5) is 27.9 Å². The zero-order valence-corrected chi connectivity index (χ0v) is 17.4. The average Bonchev–Trinajstić information content (AvgIpc) is 2.77. The summed E-state index contributed by atoms with van der Waals surface area (Å²) in [7, 11) is 0. The molecule has 2 heterocycles. The molecule has 0 saturated heterocycles. The molecule has 2 aromatic heterocycles. The van der Waals surface area contributed by atoms with Gasteiger partial charge in [0, 0.05) is 6.54 Å². The van der Waals surface area contributed by atoms with Gasteiger partial charge in [-0.1, -0.05) is 24.3 Å². The monoisotopic (exact) mass is 430 g/mol. The van der Waals surface area contributed by atoms with E-state index in [1.807, 2.05) is 12.1 Å². The Morgan fingerprint density at radius 2 is 1.84 bits per heavy atom. The fourth-order valence-electron chi connectivity index (χ4n) is 3.56. The first-order valence-electron chi connectivity index (χ1n) is 9.75. The SMILES string of the molecule is CCN(c1nc(N)nc(N)c1C#N)c1nc2c(F)ccc(C)c2c(=O)n1-c1ccccc1. The van der Waals surface area contributed by atoms with Gasteiger partial charge in [-0.05, 0) is 37.6 Å². The van der Waals surface area contributed by atoms with Crippen LogP contribution in [0, 0.1) is 24.1 Å². The Bertz CT molecular complexity index is 1440. The Labute approximate surface area is 182 Å². The molecule has 0 aliphatic carbocycles. The summed E-state index contributed by atoms with van der Waals surface area (Å²) >= 11 is 0. The summed E-state index contributed by atoms with van der Waals surface area (Å²) in [4.78, 5) is 27.7. The highest BCUT2D eigenvalue weighted by molar-refractivity contribution is 5.84. The van der Waals surface area contributed by atoms with Crippen molar-refractivity contribution in [2.45, 2.75) is 13.8 Å². The summed E-state index contributed by atoms with van der Waals surface area (Å²) in [6, 6.07) is 13.6. The number of anilines is 4. The van der Waals surface area contributed by atoms with Crippen molar-refractivity contribution < 1.29 is 4.39 Å². The zero-order chi connectivity index (χ0) is 23.0. The maximum atomic E-state index is 14.8. The molecule has 0 aliphatic rings. The van der Waals surface area contributed by atoms with Gasteiger partial charge in [-0.3, -0.25) is 9.69 Å². The molecule has 0 spiro atoms. The Hall–Kier alpha value is -4.52. The summed E-state index contributed by atoms with van der Waals surface area (Å²) in [5, 5.41) is 9.81. The summed E-state index contributed by atoms with van der Waals surface area (Å²) in [5.74, 6) is -0.752. The van der Waals surface area contributed by atoms with Crippen molar-refractivity contribution in [3.63, 3.8) is 0 Å². The van der Waals surface area contributed by atoms with Crippen molar-refractivity contribution in [2.24, 2.45) is 0 Å². The normalized spacial score (nSPS) is 10.8. The highest BCUT2D eigenvalue weighted by Crippen LogP contribution is 2.31. The molecular formula is C22H19FN8O. The summed E-state index contributed by atoms with van der Waals surface area (Å²) in [5.41, 5.74) is 12.2. The molecule has 4 rings (SSSR count). The Morgan fingerprint density at radius 1 is 1.12 bits per heavy atom. The molecule has 2 aromatic carbocycles. The summed E-state index contributed by atoms with van der Waals surface area (Å²) < 4.78 is 16.1. The number of nitriles is 1. The van der Waals surface area contributed by atoms with Gasteiger partial charge < -0.3 is 11.5 Å². The van der Waals surface area contributed by atoms with Crippen molar-refractivity contribution in [3.05, 3.63) is 69.8 Å². The van der Waals surface area contributed by atoms with Crippen molar-refractivity contribution in [1.29, 1.82) is 5.26 Å². The number of nitrogens with zero attached hydrogens (tertiary/aromatic N) is 6. The number of nitrogens with two attached hydrogens (primary N) is 2. The second kappa shape index (κ2) is 7.96. The van der Waals surface area contributed by atoms with Crippen LogP contribution in [0.25, 0.3) is 16.6 Å². The second-order valence-corrected chi connectivity index (χ2v) is 7.00. The standard InChI is InChI=1S/C22H19FN8O/c1-3-30(19-14(11-24)18(25)28-21(26)29-19)22-27-17-15(23)10-9-12(2)16(17)20(32)31(22)13-7-5-4-6-8-13/h4-10H,3H2,1-2H3,(H4,25,26,28,29). The molecule has 0 saturated carbocycles. The lowest BCUT2D eigenvalue weighted by atomic mass is 10.1. The maximum absolute atomic E-state index is 14.8. The minimum absolute atomic E-state index is 0.0280. The van der Waals surface area contributed by atoms with E-state index in [0.29, 0.717) is 11.3 Å². The van der Waals surface area contributed by atoms with Crippen LogP contribution >= 0.6 is 0 Å².